The number of nitrogens with zero attached hydrogens (tertiary/aromatic N) is 1. The number of carboxylic acid groups (broad SMARTS) is 1. The molecule has 0 atom stereocenters. The third-order valence-corrected chi connectivity index (χ3v) is 3.10. The Hall–Kier alpha value is -2.36. The van der Waals surface area contributed by atoms with Gasteiger partial charge >= 0.3 is 5.97 Å². The third-order valence-electron chi connectivity index (χ3n) is 3.10. The van der Waals surface area contributed by atoms with Gasteiger partial charge in [0.15, 0.2) is 0 Å². The molecule has 0 aliphatic rings. The minimum Gasteiger partial charge on any atom is -0.477 e. The first-order valence-corrected chi connectivity index (χ1v) is 5.92. The van der Waals surface area contributed by atoms with E-state index in [1.54, 1.807) is 6.07 Å². The highest BCUT2D eigenvalue weighted by Gasteiger charge is 2.14. The van der Waals surface area contributed by atoms with Crippen LogP contribution in [0.4, 0.5) is 0 Å². The maximum Gasteiger partial charge on any atom is 0.341 e. The molecule has 98 valence electrons. The second-order valence-corrected chi connectivity index (χ2v) is 4.43. The molecule has 19 heavy (non-hydrogen) atoms. The number of pyridine rings is 1. The lowest BCUT2D eigenvalue weighted by Gasteiger charge is -2.14. The van der Waals surface area contributed by atoms with Crippen LogP contribution in [0.25, 0.3) is 0 Å². The molecule has 2 aromatic rings. The molecule has 0 saturated heterocycles. The Bertz CT molecular complexity index is 635. The number of ether oxygens (including phenoxy) is 1. The Morgan fingerprint density at radius 1 is 1.16 bits per heavy atom. The summed E-state index contributed by atoms with van der Waals surface area (Å²) in [5, 5.41) is 9.12. The number of carboxylic acids is 1. The Balaban J connectivity index is 2.48. The normalized spacial score (nSPS) is 10.3. The number of hydrogen-bond acceptors (Lipinski definition) is 3. The maximum atomic E-state index is 11.1. The Labute approximate surface area is 111 Å². The van der Waals surface area contributed by atoms with Crippen LogP contribution in [-0.4, -0.2) is 16.1 Å². The second-order valence-electron chi connectivity index (χ2n) is 4.43. The van der Waals surface area contributed by atoms with Crippen LogP contribution in [0.1, 0.15) is 27.0 Å². The SMILES string of the molecule is Cc1ccc(C)c(Oc2ccncc2C(=O)O)c1C. The Morgan fingerprint density at radius 3 is 2.53 bits per heavy atom. The minimum absolute atomic E-state index is 0.0582. The highest BCUT2D eigenvalue weighted by atomic mass is 16.5. The number of rotatable bonds is 3. The smallest absolute Gasteiger partial charge is 0.341 e. The number of hydrogen-bond donors (Lipinski definition) is 1. The quantitative estimate of drug-likeness (QED) is 0.914. The Morgan fingerprint density at radius 2 is 1.84 bits per heavy atom. The van der Waals surface area contributed by atoms with E-state index in [1.807, 2.05) is 32.9 Å². The Kier molecular flexibility index (Phi) is 3.51. The molecule has 0 amide bonds. The fourth-order valence-electron chi connectivity index (χ4n) is 1.82. The first-order chi connectivity index (χ1) is 9.00. The van der Waals surface area contributed by atoms with Crippen molar-refractivity contribution < 1.29 is 14.6 Å². The molecule has 1 N–H and O–H groups in total. The van der Waals surface area contributed by atoms with Crippen LogP contribution in [-0.2, 0) is 0 Å². The molecule has 0 bridgehead atoms. The van der Waals surface area contributed by atoms with Crippen molar-refractivity contribution in [1.29, 1.82) is 0 Å². The van der Waals surface area contributed by atoms with E-state index < -0.39 is 5.97 Å². The molecule has 4 heteroatoms. The lowest BCUT2D eigenvalue weighted by atomic mass is 10.1. The molecule has 1 heterocycles. The van der Waals surface area contributed by atoms with Crippen LogP contribution in [0.3, 0.4) is 0 Å². The van der Waals surface area contributed by atoms with Crippen LogP contribution in [0, 0.1) is 20.8 Å². The molecule has 4 nitrogen and oxygen atoms in total. The highest BCUT2D eigenvalue weighted by molar-refractivity contribution is 5.90. The van der Waals surface area contributed by atoms with E-state index >= 15 is 0 Å². The zero-order valence-corrected chi connectivity index (χ0v) is 11.1. The van der Waals surface area contributed by atoms with Crippen molar-refractivity contribution in [1.82, 2.24) is 4.98 Å². The summed E-state index contributed by atoms with van der Waals surface area (Å²) in [6, 6.07) is 5.53. The lowest BCUT2D eigenvalue weighted by Crippen LogP contribution is -2.02. The number of aryl methyl sites for hydroxylation is 2. The van der Waals surface area contributed by atoms with Gasteiger partial charge in [0.25, 0.3) is 0 Å². The fourth-order valence-corrected chi connectivity index (χ4v) is 1.82. The maximum absolute atomic E-state index is 11.1. The molecule has 0 unspecified atom stereocenters. The number of aromatic carboxylic acids is 1. The van der Waals surface area contributed by atoms with Gasteiger partial charge in [0.05, 0.1) is 0 Å². The predicted molar refractivity (Wildman–Crippen MR) is 71.9 cm³/mol. The van der Waals surface area contributed by atoms with Crippen molar-refractivity contribution in [3.05, 3.63) is 52.8 Å². The van der Waals surface area contributed by atoms with Crippen LogP contribution in [0.5, 0.6) is 11.5 Å². The van der Waals surface area contributed by atoms with Crippen molar-refractivity contribution >= 4 is 5.97 Å². The summed E-state index contributed by atoms with van der Waals surface area (Å²) in [5.41, 5.74) is 3.14. The van der Waals surface area contributed by atoms with Gasteiger partial charge in [0, 0.05) is 18.5 Å². The molecule has 0 radical (unpaired) electrons. The largest absolute Gasteiger partial charge is 0.477 e. The van der Waals surface area contributed by atoms with Crippen molar-refractivity contribution in [2.45, 2.75) is 20.8 Å². The van der Waals surface area contributed by atoms with Crippen LogP contribution >= 0.6 is 0 Å². The summed E-state index contributed by atoms with van der Waals surface area (Å²) in [6.45, 7) is 5.88. The highest BCUT2D eigenvalue weighted by Crippen LogP contribution is 2.32. The van der Waals surface area contributed by atoms with Crippen molar-refractivity contribution in [3.63, 3.8) is 0 Å². The molecular formula is C15H15NO3. The van der Waals surface area contributed by atoms with Crippen LogP contribution in [0.2, 0.25) is 0 Å². The monoisotopic (exact) mass is 257 g/mol. The van der Waals surface area contributed by atoms with Gasteiger partial charge in [-0.1, -0.05) is 12.1 Å². The van der Waals surface area contributed by atoms with Crippen molar-refractivity contribution in [2.75, 3.05) is 0 Å². The summed E-state index contributed by atoms with van der Waals surface area (Å²) in [5.74, 6) is -0.0425. The molecule has 1 aromatic heterocycles. The number of carbonyl (C=O) groups is 1. The molecule has 0 aliphatic carbocycles. The summed E-state index contributed by atoms with van der Waals surface area (Å²) in [6.07, 6.45) is 2.81. The van der Waals surface area contributed by atoms with Crippen molar-refractivity contribution in [3.8, 4) is 11.5 Å². The average Bonchev–Trinajstić information content (AvgIpc) is 2.39. The summed E-state index contributed by atoms with van der Waals surface area (Å²) in [7, 11) is 0. The van der Waals surface area contributed by atoms with Gasteiger partial charge in [0.2, 0.25) is 0 Å². The number of benzene rings is 1. The van der Waals surface area contributed by atoms with Gasteiger partial charge in [0.1, 0.15) is 17.1 Å². The van der Waals surface area contributed by atoms with Crippen LogP contribution in [0.15, 0.2) is 30.6 Å². The topological polar surface area (TPSA) is 59.4 Å². The molecule has 0 aliphatic heterocycles. The van der Waals surface area contributed by atoms with E-state index in [9.17, 15) is 4.79 Å². The van der Waals surface area contributed by atoms with E-state index in [0.29, 0.717) is 11.5 Å². The first-order valence-electron chi connectivity index (χ1n) is 5.92. The summed E-state index contributed by atoms with van der Waals surface area (Å²) < 4.78 is 5.79. The van der Waals surface area contributed by atoms with E-state index in [2.05, 4.69) is 4.98 Å². The van der Waals surface area contributed by atoms with E-state index in [-0.39, 0.29) is 5.56 Å². The van der Waals surface area contributed by atoms with Crippen LogP contribution < -0.4 is 4.74 Å². The zero-order valence-electron chi connectivity index (χ0n) is 11.1. The molecule has 0 spiro atoms. The molecule has 0 saturated carbocycles. The van der Waals surface area contributed by atoms with Gasteiger partial charge in [-0.3, -0.25) is 4.98 Å². The molecular weight excluding hydrogens is 242 g/mol. The average molecular weight is 257 g/mol. The van der Waals surface area contributed by atoms with E-state index in [4.69, 9.17) is 9.84 Å². The summed E-state index contributed by atoms with van der Waals surface area (Å²) in [4.78, 5) is 14.9. The van der Waals surface area contributed by atoms with Gasteiger partial charge in [-0.25, -0.2) is 4.79 Å². The lowest BCUT2D eigenvalue weighted by molar-refractivity contribution is 0.0693. The van der Waals surface area contributed by atoms with Gasteiger partial charge in [-0.15, -0.1) is 0 Å². The predicted octanol–water partition coefficient (Wildman–Crippen LogP) is 3.50. The molecule has 1 aromatic carbocycles. The molecule has 2 rings (SSSR count). The third kappa shape index (κ3) is 2.57. The van der Waals surface area contributed by atoms with Gasteiger partial charge < -0.3 is 9.84 Å². The van der Waals surface area contributed by atoms with Crippen molar-refractivity contribution in [2.24, 2.45) is 0 Å². The second kappa shape index (κ2) is 5.10. The molecule has 0 fully saturated rings. The van der Waals surface area contributed by atoms with Gasteiger partial charge in [-0.05, 0) is 37.5 Å². The summed E-state index contributed by atoms with van der Waals surface area (Å²) >= 11 is 0. The first kappa shape index (κ1) is 13.1. The minimum atomic E-state index is -1.05. The zero-order chi connectivity index (χ0) is 14.0. The van der Waals surface area contributed by atoms with E-state index in [1.165, 1.54) is 12.4 Å². The van der Waals surface area contributed by atoms with Gasteiger partial charge in [-0.2, -0.15) is 0 Å². The number of aromatic nitrogens is 1. The van der Waals surface area contributed by atoms with E-state index in [0.717, 1.165) is 16.7 Å². The fraction of sp³-hybridized carbons (Fsp3) is 0.200. The standard InChI is InChI=1S/C15H15NO3/c1-9-4-5-10(2)14(11(9)3)19-13-6-7-16-8-12(13)15(17)18/h4-8H,1-3H3,(H,17,18).